The fourth-order valence-corrected chi connectivity index (χ4v) is 6.27. The monoisotopic (exact) mass is 545 g/mol. The first-order valence-electron chi connectivity index (χ1n) is 12.6. The third kappa shape index (κ3) is 8.65. The number of nitro groups is 1. The zero-order chi connectivity index (χ0) is 26.8. The summed E-state index contributed by atoms with van der Waals surface area (Å²) < 4.78 is 30.0. The maximum Gasteiger partial charge on any atom is 0.269 e. The summed E-state index contributed by atoms with van der Waals surface area (Å²) in [4.78, 5) is 10.7. The predicted molar refractivity (Wildman–Crippen MR) is 147 cm³/mol. The van der Waals surface area contributed by atoms with Crippen LogP contribution in [0.3, 0.4) is 0 Å². The van der Waals surface area contributed by atoms with Gasteiger partial charge in [-0.3, -0.25) is 14.7 Å². The van der Waals surface area contributed by atoms with Crippen molar-refractivity contribution < 1.29 is 13.3 Å². The number of sulfonamides is 1. The Morgan fingerprint density at radius 3 is 2.43 bits per heavy atom. The zero-order valence-corrected chi connectivity index (χ0v) is 23.2. The van der Waals surface area contributed by atoms with Crippen molar-refractivity contribution in [2.24, 2.45) is 0 Å². The number of hydrogen-bond acceptors (Lipinski definition) is 7. The van der Waals surface area contributed by atoms with E-state index in [2.05, 4.69) is 27.9 Å². The average Bonchev–Trinajstić information content (AvgIpc) is 3.29. The van der Waals surface area contributed by atoms with E-state index in [0.717, 1.165) is 36.8 Å². The van der Waals surface area contributed by atoms with Gasteiger partial charge < -0.3 is 0 Å². The Hall–Kier alpha value is -2.76. The van der Waals surface area contributed by atoms with Gasteiger partial charge >= 0.3 is 0 Å². The standard InChI is InChI=1S/C26H35N5O4S2/c1-4-5-6-7-8-9-17-37(34,35)29-21(3)25-27-28-26(36-19-22-12-10-11-20(2)18-22)30(25)23-13-15-24(16-14-23)31(32)33/h10-16,18,21,29H,4-9,17,19H2,1-3H3. The fourth-order valence-electron chi connectivity index (χ4n) is 4.02. The van der Waals surface area contributed by atoms with Crippen molar-refractivity contribution in [2.45, 2.75) is 76.2 Å². The maximum absolute atomic E-state index is 12.8. The van der Waals surface area contributed by atoms with Crippen molar-refractivity contribution in [1.82, 2.24) is 19.5 Å². The molecular weight excluding hydrogens is 510 g/mol. The van der Waals surface area contributed by atoms with Gasteiger partial charge in [-0.15, -0.1) is 10.2 Å². The van der Waals surface area contributed by atoms with Gasteiger partial charge in [0.25, 0.3) is 5.69 Å². The van der Waals surface area contributed by atoms with E-state index in [1.54, 1.807) is 23.6 Å². The Balaban J connectivity index is 1.80. The maximum atomic E-state index is 12.8. The quantitative estimate of drug-likeness (QED) is 0.106. The van der Waals surface area contributed by atoms with E-state index in [4.69, 9.17) is 0 Å². The highest BCUT2D eigenvalue weighted by molar-refractivity contribution is 7.98. The molecule has 0 saturated carbocycles. The molecule has 0 radical (unpaired) electrons. The van der Waals surface area contributed by atoms with Gasteiger partial charge in [0, 0.05) is 23.6 Å². The Morgan fingerprint density at radius 2 is 1.76 bits per heavy atom. The molecule has 0 bridgehead atoms. The van der Waals surface area contributed by atoms with Gasteiger partial charge in [0.1, 0.15) is 0 Å². The van der Waals surface area contributed by atoms with E-state index >= 15 is 0 Å². The second-order valence-electron chi connectivity index (χ2n) is 9.15. The number of unbranched alkanes of at least 4 members (excludes halogenated alkanes) is 5. The highest BCUT2D eigenvalue weighted by atomic mass is 32.2. The molecular formula is C26H35N5O4S2. The first kappa shape index (κ1) is 28.8. The number of aromatic nitrogens is 3. The first-order valence-corrected chi connectivity index (χ1v) is 15.2. The topological polar surface area (TPSA) is 120 Å². The van der Waals surface area contributed by atoms with Gasteiger partial charge in [-0.1, -0.05) is 80.6 Å². The number of non-ortho nitro benzene ring substituents is 1. The minimum absolute atomic E-state index is 0.0278. The summed E-state index contributed by atoms with van der Waals surface area (Å²) in [6.45, 7) is 5.92. The third-order valence-electron chi connectivity index (χ3n) is 5.94. The summed E-state index contributed by atoms with van der Waals surface area (Å²) in [5.74, 6) is 1.13. The fraction of sp³-hybridized carbons (Fsp3) is 0.462. The Morgan fingerprint density at radius 1 is 1.05 bits per heavy atom. The van der Waals surface area contributed by atoms with E-state index < -0.39 is 21.0 Å². The van der Waals surface area contributed by atoms with Crippen LogP contribution in [0.1, 0.15) is 75.4 Å². The number of nitrogens with zero attached hydrogens (tertiary/aromatic N) is 4. The SMILES string of the molecule is CCCCCCCCS(=O)(=O)NC(C)c1nnc(SCc2cccc(C)c2)n1-c1ccc([N+](=O)[O-])cc1. The number of rotatable bonds is 15. The molecule has 0 fully saturated rings. The van der Waals surface area contributed by atoms with Gasteiger partial charge in [0.15, 0.2) is 11.0 Å². The number of hydrogen-bond donors (Lipinski definition) is 1. The number of thioether (sulfide) groups is 1. The second kappa shape index (κ2) is 13.7. The smallest absolute Gasteiger partial charge is 0.269 e. The summed E-state index contributed by atoms with van der Waals surface area (Å²) in [6.07, 6.45) is 5.98. The lowest BCUT2D eigenvalue weighted by molar-refractivity contribution is -0.384. The van der Waals surface area contributed by atoms with Crippen LogP contribution in [0, 0.1) is 17.0 Å². The third-order valence-corrected chi connectivity index (χ3v) is 8.48. The molecule has 1 N–H and O–H groups in total. The molecule has 3 aromatic rings. The average molecular weight is 546 g/mol. The van der Waals surface area contributed by atoms with Gasteiger partial charge in [0.05, 0.1) is 16.7 Å². The van der Waals surface area contributed by atoms with Crippen LogP contribution in [0.5, 0.6) is 0 Å². The minimum atomic E-state index is -3.52. The van der Waals surface area contributed by atoms with Crippen molar-refractivity contribution in [3.05, 3.63) is 75.6 Å². The van der Waals surface area contributed by atoms with E-state index in [-0.39, 0.29) is 11.4 Å². The molecule has 1 heterocycles. The molecule has 0 spiro atoms. The molecule has 200 valence electrons. The highest BCUT2D eigenvalue weighted by Crippen LogP contribution is 2.29. The van der Waals surface area contributed by atoms with Crippen LogP contribution in [0.4, 0.5) is 5.69 Å². The lowest BCUT2D eigenvalue weighted by Crippen LogP contribution is -2.30. The van der Waals surface area contributed by atoms with Crippen molar-refractivity contribution in [3.8, 4) is 5.69 Å². The highest BCUT2D eigenvalue weighted by Gasteiger charge is 2.24. The van der Waals surface area contributed by atoms with Gasteiger partial charge in [-0.25, -0.2) is 13.1 Å². The molecule has 0 aliphatic carbocycles. The number of nitrogens with one attached hydrogen (secondary N) is 1. The second-order valence-corrected chi connectivity index (χ2v) is 12.0. The Bertz CT molecular complexity index is 1280. The molecule has 1 atom stereocenters. The Labute approximate surface area is 223 Å². The van der Waals surface area contributed by atoms with Gasteiger partial charge in [0.2, 0.25) is 10.0 Å². The lowest BCUT2D eigenvalue weighted by Gasteiger charge is -2.16. The van der Waals surface area contributed by atoms with Crippen LogP contribution in [0.2, 0.25) is 0 Å². The van der Waals surface area contributed by atoms with E-state index in [1.807, 2.05) is 25.1 Å². The van der Waals surface area contributed by atoms with E-state index in [1.165, 1.54) is 30.3 Å². The van der Waals surface area contributed by atoms with Gasteiger partial charge in [-0.05, 0) is 38.0 Å². The van der Waals surface area contributed by atoms with Crippen LogP contribution in [-0.2, 0) is 15.8 Å². The molecule has 37 heavy (non-hydrogen) atoms. The minimum Gasteiger partial charge on any atom is -0.273 e. The van der Waals surface area contributed by atoms with E-state index in [0.29, 0.717) is 28.8 Å². The van der Waals surface area contributed by atoms with Crippen molar-refractivity contribution in [2.75, 3.05) is 5.75 Å². The summed E-state index contributed by atoms with van der Waals surface area (Å²) in [5, 5.41) is 20.4. The molecule has 3 rings (SSSR count). The Kier molecular flexibility index (Phi) is 10.7. The normalized spacial score (nSPS) is 12.5. The summed E-state index contributed by atoms with van der Waals surface area (Å²) in [5.41, 5.74) is 2.88. The van der Waals surface area contributed by atoms with Gasteiger partial charge in [-0.2, -0.15) is 0 Å². The number of aryl methyl sites for hydroxylation is 1. The summed E-state index contributed by atoms with van der Waals surface area (Å²) in [7, 11) is -3.52. The van der Waals surface area contributed by atoms with Crippen molar-refractivity contribution in [3.63, 3.8) is 0 Å². The molecule has 9 nitrogen and oxygen atoms in total. The summed E-state index contributed by atoms with van der Waals surface area (Å²) in [6, 6.07) is 13.6. The van der Waals surface area contributed by atoms with E-state index in [9.17, 15) is 18.5 Å². The molecule has 0 aliphatic rings. The largest absolute Gasteiger partial charge is 0.273 e. The lowest BCUT2D eigenvalue weighted by atomic mass is 10.1. The van der Waals surface area contributed by atoms with Crippen LogP contribution >= 0.6 is 11.8 Å². The number of benzene rings is 2. The first-order chi connectivity index (χ1) is 17.7. The number of nitro benzene ring substituents is 1. The molecule has 11 heteroatoms. The van der Waals surface area contributed by atoms with Crippen LogP contribution < -0.4 is 4.72 Å². The summed E-state index contributed by atoms with van der Waals surface area (Å²) >= 11 is 1.47. The predicted octanol–water partition coefficient (Wildman–Crippen LogP) is 6.12. The molecule has 0 amide bonds. The molecule has 0 saturated heterocycles. The zero-order valence-electron chi connectivity index (χ0n) is 21.6. The van der Waals surface area contributed by atoms with Crippen molar-refractivity contribution >= 4 is 27.5 Å². The van der Waals surface area contributed by atoms with Crippen LogP contribution in [0.25, 0.3) is 5.69 Å². The van der Waals surface area contributed by atoms with Crippen LogP contribution in [0.15, 0.2) is 53.7 Å². The molecule has 1 unspecified atom stereocenters. The molecule has 2 aromatic carbocycles. The molecule has 1 aromatic heterocycles. The molecule has 0 aliphatic heterocycles. The van der Waals surface area contributed by atoms with Crippen LogP contribution in [-0.4, -0.2) is 33.9 Å². The van der Waals surface area contributed by atoms with Crippen molar-refractivity contribution in [1.29, 1.82) is 0 Å².